The normalized spacial score (nSPS) is 10.5. The van der Waals surface area contributed by atoms with Gasteiger partial charge in [-0.15, -0.1) is 0 Å². The molecule has 140 valence electrons. The molecule has 2 N–H and O–H groups in total. The summed E-state index contributed by atoms with van der Waals surface area (Å²) >= 11 is 0. The monoisotopic (exact) mass is 365 g/mol. The van der Waals surface area contributed by atoms with Crippen LogP contribution in [-0.2, 0) is 0 Å². The van der Waals surface area contributed by atoms with Crippen molar-refractivity contribution in [2.45, 2.75) is 20.8 Å². The van der Waals surface area contributed by atoms with Gasteiger partial charge in [-0.2, -0.15) is 0 Å². The van der Waals surface area contributed by atoms with E-state index in [4.69, 9.17) is 4.52 Å². The van der Waals surface area contributed by atoms with Crippen LogP contribution in [0.5, 0.6) is 0 Å². The Morgan fingerprint density at radius 2 is 1.81 bits per heavy atom. The minimum atomic E-state index is -0.286. The number of carbonyl (C=O) groups excluding carboxylic acids is 1. The molecule has 0 unspecified atom stereocenters. The minimum Gasteiger partial charge on any atom is -0.372 e. The second-order valence-corrected chi connectivity index (χ2v) is 6.05. The van der Waals surface area contributed by atoms with Crippen molar-refractivity contribution in [1.29, 1.82) is 0 Å². The topological polar surface area (TPSA) is 83.3 Å². The number of amides is 1. The van der Waals surface area contributed by atoms with Crippen LogP contribution in [0.1, 0.15) is 30.0 Å². The van der Waals surface area contributed by atoms with Gasteiger partial charge >= 0.3 is 0 Å². The number of benzene rings is 1. The van der Waals surface area contributed by atoms with Crippen molar-refractivity contribution in [3.05, 3.63) is 60.0 Å². The van der Waals surface area contributed by atoms with Gasteiger partial charge in [0, 0.05) is 36.7 Å². The van der Waals surface area contributed by atoms with Gasteiger partial charge in [-0.25, -0.2) is 4.98 Å². The fourth-order valence-corrected chi connectivity index (χ4v) is 2.71. The number of aromatic nitrogens is 2. The summed E-state index contributed by atoms with van der Waals surface area (Å²) < 4.78 is 4.93. The smallest absolute Gasteiger partial charge is 0.258 e. The number of nitrogens with one attached hydrogen (secondary N) is 2. The molecule has 2 heterocycles. The predicted octanol–water partition coefficient (Wildman–Crippen LogP) is 4.22. The maximum Gasteiger partial charge on any atom is 0.258 e. The molecule has 0 radical (unpaired) electrons. The Morgan fingerprint density at radius 3 is 2.37 bits per heavy atom. The van der Waals surface area contributed by atoms with Crippen LogP contribution in [0, 0.1) is 6.92 Å². The lowest BCUT2D eigenvalue weighted by Crippen LogP contribution is -2.21. The summed E-state index contributed by atoms with van der Waals surface area (Å²) in [5, 5.41) is 9.65. The van der Waals surface area contributed by atoms with Gasteiger partial charge in [0.2, 0.25) is 0 Å². The Bertz CT molecular complexity index is 883. The molecule has 0 spiro atoms. The summed E-state index contributed by atoms with van der Waals surface area (Å²) in [4.78, 5) is 18.8. The van der Waals surface area contributed by atoms with E-state index in [0.29, 0.717) is 23.0 Å². The number of hydrogen-bond acceptors (Lipinski definition) is 6. The zero-order valence-electron chi connectivity index (χ0n) is 15.7. The molecule has 0 fully saturated rings. The largest absolute Gasteiger partial charge is 0.372 e. The van der Waals surface area contributed by atoms with Gasteiger partial charge in [0.25, 0.3) is 5.91 Å². The predicted molar refractivity (Wildman–Crippen MR) is 107 cm³/mol. The first-order chi connectivity index (χ1) is 13.1. The van der Waals surface area contributed by atoms with E-state index in [-0.39, 0.29) is 5.91 Å². The summed E-state index contributed by atoms with van der Waals surface area (Å²) in [7, 11) is 0. The van der Waals surface area contributed by atoms with E-state index in [0.717, 1.165) is 18.8 Å². The Hall–Kier alpha value is -3.35. The van der Waals surface area contributed by atoms with E-state index < -0.39 is 0 Å². The Morgan fingerprint density at radius 1 is 1.07 bits per heavy atom. The molecule has 7 heteroatoms. The molecule has 0 aliphatic carbocycles. The molecule has 0 atom stereocenters. The first kappa shape index (κ1) is 18.4. The molecule has 7 nitrogen and oxygen atoms in total. The number of aryl methyl sites for hydroxylation is 1. The highest BCUT2D eigenvalue weighted by molar-refractivity contribution is 6.03. The molecule has 0 aliphatic rings. The summed E-state index contributed by atoms with van der Waals surface area (Å²) in [6.07, 6.45) is 1.52. The van der Waals surface area contributed by atoms with Crippen molar-refractivity contribution >= 4 is 28.9 Å². The van der Waals surface area contributed by atoms with Crippen LogP contribution >= 0.6 is 0 Å². The Labute approximate surface area is 158 Å². The highest BCUT2D eigenvalue weighted by atomic mass is 16.5. The van der Waals surface area contributed by atoms with Crippen LogP contribution < -0.4 is 15.5 Å². The van der Waals surface area contributed by atoms with Gasteiger partial charge in [0.15, 0.2) is 5.82 Å². The van der Waals surface area contributed by atoms with Gasteiger partial charge < -0.3 is 20.1 Å². The molecule has 0 saturated carbocycles. The van der Waals surface area contributed by atoms with Gasteiger partial charge in [0.05, 0.1) is 5.56 Å². The molecule has 0 aliphatic heterocycles. The van der Waals surface area contributed by atoms with Crippen LogP contribution in [0.4, 0.5) is 23.0 Å². The standard InChI is InChI=1S/C20H23N5O2/c1-4-25(5-2)17-9-7-16(8-10-17)22-18-11-6-15(13-21-18)20(26)23-19-12-14(3)27-24-19/h6-13H,4-5H2,1-3H3,(H,21,22)(H,23,24,26). The molecule has 27 heavy (non-hydrogen) atoms. The van der Waals surface area contributed by atoms with Gasteiger partial charge in [0.1, 0.15) is 11.6 Å². The van der Waals surface area contributed by atoms with Crippen LogP contribution in [0.15, 0.2) is 53.2 Å². The highest BCUT2D eigenvalue weighted by Crippen LogP contribution is 2.20. The van der Waals surface area contributed by atoms with Gasteiger partial charge in [-0.05, 0) is 57.2 Å². The number of nitrogens with zero attached hydrogens (tertiary/aromatic N) is 3. The van der Waals surface area contributed by atoms with Crippen molar-refractivity contribution in [1.82, 2.24) is 10.1 Å². The number of carbonyl (C=O) groups is 1. The second kappa shape index (κ2) is 8.35. The molecule has 1 amide bonds. The molecular formula is C20H23N5O2. The summed E-state index contributed by atoms with van der Waals surface area (Å²) in [5.74, 6) is 1.40. The van der Waals surface area contributed by atoms with E-state index in [1.807, 2.05) is 12.1 Å². The third kappa shape index (κ3) is 4.63. The van der Waals surface area contributed by atoms with Crippen molar-refractivity contribution in [3.8, 4) is 0 Å². The zero-order valence-corrected chi connectivity index (χ0v) is 15.7. The molecule has 0 bridgehead atoms. The van der Waals surface area contributed by atoms with Gasteiger partial charge in [-0.3, -0.25) is 4.79 Å². The van der Waals surface area contributed by atoms with E-state index in [1.54, 1.807) is 25.1 Å². The van der Waals surface area contributed by atoms with E-state index >= 15 is 0 Å². The third-order valence-corrected chi connectivity index (χ3v) is 4.16. The van der Waals surface area contributed by atoms with Crippen LogP contribution in [0.3, 0.4) is 0 Å². The zero-order chi connectivity index (χ0) is 19.2. The fourth-order valence-electron chi connectivity index (χ4n) is 2.71. The number of rotatable bonds is 7. The van der Waals surface area contributed by atoms with Crippen molar-refractivity contribution in [2.75, 3.05) is 28.6 Å². The van der Waals surface area contributed by atoms with E-state index in [9.17, 15) is 4.79 Å². The lowest BCUT2D eigenvalue weighted by atomic mass is 10.2. The van der Waals surface area contributed by atoms with Crippen LogP contribution in [0.25, 0.3) is 0 Å². The lowest BCUT2D eigenvalue weighted by Gasteiger charge is -2.21. The minimum absolute atomic E-state index is 0.286. The lowest BCUT2D eigenvalue weighted by molar-refractivity contribution is 0.102. The molecule has 1 aromatic carbocycles. The van der Waals surface area contributed by atoms with E-state index in [2.05, 4.69) is 51.7 Å². The van der Waals surface area contributed by atoms with Crippen LogP contribution in [-0.4, -0.2) is 29.1 Å². The van der Waals surface area contributed by atoms with E-state index in [1.165, 1.54) is 11.9 Å². The first-order valence-electron chi connectivity index (χ1n) is 8.91. The van der Waals surface area contributed by atoms with Crippen molar-refractivity contribution in [3.63, 3.8) is 0 Å². The third-order valence-electron chi connectivity index (χ3n) is 4.16. The van der Waals surface area contributed by atoms with Crippen molar-refractivity contribution < 1.29 is 9.32 Å². The summed E-state index contributed by atoms with van der Waals surface area (Å²) in [6.45, 7) is 7.99. The average Bonchev–Trinajstić information content (AvgIpc) is 3.09. The quantitative estimate of drug-likeness (QED) is 0.652. The highest BCUT2D eigenvalue weighted by Gasteiger charge is 2.09. The molecule has 3 aromatic rings. The number of pyridine rings is 1. The summed E-state index contributed by atoms with van der Waals surface area (Å²) in [5.41, 5.74) is 2.57. The van der Waals surface area contributed by atoms with Crippen LogP contribution in [0.2, 0.25) is 0 Å². The molecular weight excluding hydrogens is 342 g/mol. The van der Waals surface area contributed by atoms with Crippen molar-refractivity contribution in [2.24, 2.45) is 0 Å². The maximum absolute atomic E-state index is 12.2. The Kier molecular flexibility index (Phi) is 5.71. The maximum atomic E-state index is 12.2. The average molecular weight is 365 g/mol. The fraction of sp³-hybridized carbons (Fsp3) is 0.250. The molecule has 0 saturated heterocycles. The molecule has 3 rings (SSSR count). The second-order valence-electron chi connectivity index (χ2n) is 6.05. The Balaban J connectivity index is 1.62. The molecule has 2 aromatic heterocycles. The summed E-state index contributed by atoms with van der Waals surface area (Å²) in [6, 6.07) is 13.3. The number of anilines is 4. The number of hydrogen-bond donors (Lipinski definition) is 2. The van der Waals surface area contributed by atoms with Gasteiger partial charge in [-0.1, -0.05) is 5.16 Å². The SMILES string of the molecule is CCN(CC)c1ccc(Nc2ccc(C(=O)Nc3cc(C)on3)cn2)cc1. The first-order valence-corrected chi connectivity index (χ1v) is 8.91.